The number of H-pyrrole nitrogens is 1. The first-order valence-corrected chi connectivity index (χ1v) is 7.72. The van der Waals surface area contributed by atoms with Gasteiger partial charge in [0.2, 0.25) is 0 Å². The van der Waals surface area contributed by atoms with Crippen molar-refractivity contribution in [1.29, 1.82) is 0 Å². The Hall–Kier alpha value is -1.92. The fourth-order valence-corrected chi connectivity index (χ4v) is 3.45. The van der Waals surface area contributed by atoms with Gasteiger partial charge in [0, 0.05) is 44.1 Å². The van der Waals surface area contributed by atoms with Crippen LogP contribution >= 0.6 is 0 Å². The second kappa shape index (κ2) is 5.70. The molecule has 2 fully saturated rings. The van der Waals surface area contributed by atoms with Gasteiger partial charge in [0.15, 0.2) is 0 Å². The van der Waals surface area contributed by atoms with Crippen LogP contribution in [0.2, 0.25) is 0 Å². The average Bonchev–Trinajstić information content (AvgIpc) is 3.25. The molecule has 0 amide bonds. The van der Waals surface area contributed by atoms with Crippen LogP contribution in [0, 0.1) is 0 Å². The number of nitrogens with one attached hydrogen (secondary N) is 1. The summed E-state index contributed by atoms with van der Waals surface area (Å²) in [5, 5.41) is 0. The molecule has 6 heteroatoms. The molecule has 1 N–H and O–H groups in total. The maximum absolute atomic E-state index is 6.12. The van der Waals surface area contributed by atoms with Crippen molar-refractivity contribution < 1.29 is 9.47 Å². The van der Waals surface area contributed by atoms with E-state index in [9.17, 15) is 0 Å². The van der Waals surface area contributed by atoms with E-state index in [1.807, 2.05) is 18.3 Å². The van der Waals surface area contributed by atoms with Crippen LogP contribution in [-0.2, 0) is 11.3 Å². The highest BCUT2D eigenvalue weighted by Crippen LogP contribution is 2.36. The van der Waals surface area contributed by atoms with Crippen LogP contribution in [0.15, 0.2) is 37.1 Å². The predicted octanol–water partition coefficient (Wildman–Crippen LogP) is 1.62. The molecule has 4 rings (SSSR count). The van der Waals surface area contributed by atoms with Gasteiger partial charge in [-0.05, 0) is 18.6 Å². The highest BCUT2D eigenvalue weighted by molar-refractivity contribution is 5.16. The van der Waals surface area contributed by atoms with Crippen molar-refractivity contribution in [3.63, 3.8) is 0 Å². The number of rotatable bonds is 4. The maximum atomic E-state index is 6.12. The number of hydrogen-bond donors (Lipinski definition) is 1. The van der Waals surface area contributed by atoms with E-state index in [-0.39, 0.29) is 11.7 Å². The molecule has 2 aromatic rings. The third-order valence-electron chi connectivity index (χ3n) is 4.46. The lowest BCUT2D eigenvalue weighted by Gasteiger charge is -2.23. The summed E-state index contributed by atoms with van der Waals surface area (Å²) in [7, 11) is 0. The van der Waals surface area contributed by atoms with Gasteiger partial charge in [0.25, 0.3) is 0 Å². The number of aromatic amines is 1. The van der Waals surface area contributed by atoms with Crippen LogP contribution in [0.5, 0.6) is 5.75 Å². The third-order valence-corrected chi connectivity index (χ3v) is 4.46. The molecule has 22 heavy (non-hydrogen) atoms. The molecule has 0 radical (unpaired) electrons. The molecule has 116 valence electrons. The van der Waals surface area contributed by atoms with Crippen molar-refractivity contribution in [2.24, 2.45) is 0 Å². The molecule has 0 bridgehead atoms. The van der Waals surface area contributed by atoms with Crippen molar-refractivity contribution in [1.82, 2.24) is 19.9 Å². The zero-order chi connectivity index (χ0) is 14.8. The molecule has 0 aromatic carbocycles. The van der Waals surface area contributed by atoms with Gasteiger partial charge < -0.3 is 14.5 Å². The zero-order valence-corrected chi connectivity index (χ0v) is 12.4. The van der Waals surface area contributed by atoms with Gasteiger partial charge >= 0.3 is 0 Å². The normalized spacial score (nSPS) is 28.5. The second-order valence-electron chi connectivity index (χ2n) is 6.16. The summed E-state index contributed by atoms with van der Waals surface area (Å²) >= 11 is 0. The Morgan fingerprint density at radius 1 is 1.41 bits per heavy atom. The van der Waals surface area contributed by atoms with E-state index in [2.05, 4.69) is 19.9 Å². The zero-order valence-electron chi connectivity index (χ0n) is 12.4. The molecule has 2 aromatic heterocycles. The smallest absolute Gasteiger partial charge is 0.138 e. The highest BCUT2D eigenvalue weighted by atomic mass is 16.6. The lowest BCUT2D eigenvalue weighted by atomic mass is 9.98. The molecule has 0 saturated carbocycles. The molecule has 2 aliphatic rings. The van der Waals surface area contributed by atoms with Crippen LogP contribution in [-0.4, -0.2) is 51.3 Å². The molecule has 6 nitrogen and oxygen atoms in total. The van der Waals surface area contributed by atoms with Gasteiger partial charge in [-0.1, -0.05) is 0 Å². The molecular weight excluding hydrogens is 280 g/mol. The van der Waals surface area contributed by atoms with Crippen LogP contribution < -0.4 is 4.74 Å². The van der Waals surface area contributed by atoms with Crippen molar-refractivity contribution in [3.8, 4) is 5.75 Å². The SMILES string of the molecule is c1cncc(O[C@@H]2CO[C@]3(CCN(Cc4cnc[nH]4)C3)C2)c1. The summed E-state index contributed by atoms with van der Waals surface area (Å²) in [6, 6.07) is 3.83. The van der Waals surface area contributed by atoms with Gasteiger partial charge in [-0.3, -0.25) is 9.88 Å². The standard InChI is InChI=1S/C16H20N4O2/c1-2-14(8-17-4-1)22-15-6-16(21-10-15)3-5-20(11-16)9-13-7-18-12-19-13/h1-2,4,7-8,12,15H,3,5-6,9-11H2,(H,18,19)/t15-,16+/m0/s1. The Morgan fingerprint density at radius 2 is 2.41 bits per heavy atom. The molecule has 0 unspecified atom stereocenters. The van der Waals surface area contributed by atoms with Gasteiger partial charge in [0.1, 0.15) is 11.9 Å². The Balaban J connectivity index is 1.34. The Morgan fingerprint density at radius 3 is 3.23 bits per heavy atom. The topological polar surface area (TPSA) is 63.3 Å². The molecule has 1 spiro atoms. The van der Waals surface area contributed by atoms with Gasteiger partial charge in [-0.15, -0.1) is 0 Å². The number of likely N-dealkylation sites (tertiary alicyclic amines) is 1. The van der Waals surface area contributed by atoms with Gasteiger partial charge in [-0.25, -0.2) is 4.98 Å². The minimum absolute atomic E-state index is 0.0487. The lowest BCUT2D eigenvalue weighted by molar-refractivity contribution is 0.00927. The molecule has 4 heterocycles. The van der Waals surface area contributed by atoms with Crippen LogP contribution in [0.3, 0.4) is 0 Å². The minimum atomic E-state index is -0.0487. The number of ether oxygens (including phenoxy) is 2. The lowest BCUT2D eigenvalue weighted by Crippen LogP contribution is -2.33. The summed E-state index contributed by atoms with van der Waals surface area (Å²) in [5.41, 5.74) is 1.10. The maximum Gasteiger partial charge on any atom is 0.138 e. The first-order chi connectivity index (χ1) is 10.8. The number of imidazole rings is 1. The summed E-state index contributed by atoms with van der Waals surface area (Å²) in [6.45, 7) is 3.57. The fourth-order valence-electron chi connectivity index (χ4n) is 3.45. The second-order valence-corrected chi connectivity index (χ2v) is 6.16. The van der Waals surface area contributed by atoms with Crippen molar-refractivity contribution in [2.75, 3.05) is 19.7 Å². The molecule has 2 aliphatic heterocycles. The Kier molecular flexibility index (Phi) is 3.56. The van der Waals surface area contributed by atoms with Crippen LogP contribution in [0.1, 0.15) is 18.5 Å². The van der Waals surface area contributed by atoms with Crippen molar-refractivity contribution in [2.45, 2.75) is 31.1 Å². The summed E-state index contributed by atoms with van der Waals surface area (Å²) in [5.74, 6) is 0.820. The molecule has 0 aliphatic carbocycles. The van der Waals surface area contributed by atoms with E-state index >= 15 is 0 Å². The summed E-state index contributed by atoms with van der Waals surface area (Å²) in [4.78, 5) is 13.7. The highest BCUT2D eigenvalue weighted by Gasteiger charge is 2.46. The first-order valence-electron chi connectivity index (χ1n) is 7.72. The van der Waals surface area contributed by atoms with Gasteiger partial charge in [0.05, 0.1) is 24.7 Å². The van der Waals surface area contributed by atoms with E-state index in [4.69, 9.17) is 9.47 Å². The van der Waals surface area contributed by atoms with Crippen molar-refractivity contribution >= 4 is 0 Å². The third kappa shape index (κ3) is 2.84. The number of aromatic nitrogens is 3. The Labute approximate surface area is 129 Å². The summed E-state index contributed by atoms with van der Waals surface area (Å²) < 4.78 is 12.1. The predicted molar refractivity (Wildman–Crippen MR) is 80.4 cm³/mol. The Bertz CT molecular complexity index is 604. The monoisotopic (exact) mass is 300 g/mol. The fraction of sp³-hybridized carbons (Fsp3) is 0.500. The average molecular weight is 300 g/mol. The van der Waals surface area contributed by atoms with Gasteiger partial charge in [-0.2, -0.15) is 0 Å². The van der Waals surface area contributed by atoms with Crippen molar-refractivity contribution in [3.05, 3.63) is 42.7 Å². The number of hydrogen-bond acceptors (Lipinski definition) is 5. The first kappa shape index (κ1) is 13.7. The largest absolute Gasteiger partial charge is 0.486 e. The van der Waals surface area contributed by atoms with E-state index < -0.39 is 0 Å². The number of pyridine rings is 1. The molecule has 2 atom stereocenters. The van der Waals surface area contributed by atoms with Crippen LogP contribution in [0.25, 0.3) is 0 Å². The van der Waals surface area contributed by atoms with Crippen LogP contribution in [0.4, 0.5) is 0 Å². The number of nitrogens with zero attached hydrogens (tertiary/aromatic N) is 3. The van der Waals surface area contributed by atoms with E-state index in [0.29, 0.717) is 6.61 Å². The van der Waals surface area contributed by atoms with E-state index in [1.165, 1.54) is 0 Å². The molecule has 2 saturated heterocycles. The summed E-state index contributed by atoms with van der Waals surface area (Å²) in [6.07, 6.45) is 9.25. The van der Waals surface area contributed by atoms with E-state index in [1.54, 1.807) is 18.7 Å². The minimum Gasteiger partial charge on any atom is -0.486 e. The molecular formula is C16H20N4O2. The quantitative estimate of drug-likeness (QED) is 0.929. The van der Waals surface area contributed by atoms with E-state index in [0.717, 1.165) is 43.9 Å².